The average molecular weight is 301 g/mol. The van der Waals surface area contributed by atoms with Gasteiger partial charge < -0.3 is 14.6 Å². The monoisotopic (exact) mass is 300 g/mol. The zero-order chi connectivity index (χ0) is 12.4. The normalized spacial score (nSPS) is 16.5. The third kappa shape index (κ3) is 2.43. The van der Waals surface area contributed by atoms with Gasteiger partial charge in [0, 0.05) is 18.9 Å². The van der Waals surface area contributed by atoms with Crippen LogP contribution < -0.4 is 9.47 Å². The fourth-order valence-electron chi connectivity index (χ4n) is 2.05. The summed E-state index contributed by atoms with van der Waals surface area (Å²) in [5, 5.41) is 9.28. The van der Waals surface area contributed by atoms with E-state index in [9.17, 15) is 5.11 Å². The summed E-state index contributed by atoms with van der Waals surface area (Å²) >= 11 is 3.51. The molecule has 1 unspecified atom stereocenters. The van der Waals surface area contributed by atoms with E-state index in [0.29, 0.717) is 13.2 Å². The third-order valence-electron chi connectivity index (χ3n) is 3.07. The smallest absolute Gasteiger partial charge is 0.175 e. The molecule has 0 amide bonds. The maximum Gasteiger partial charge on any atom is 0.175 e. The lowest BCUT2D eigenvalue weighted by atomic mass is 9.96. The molecule has 0 spiro atoms. The van der Waals surface area contributed by atoms with E-state index in [0.717, 1.165) is 33.5 Å². The van der Waals surface area contributed by atoms with Crippen molar-refractivity contribution in [1.29, 1.82) is 0 Å². The number of halogens is 1. The van der Waals surface area contributed by atoms with Crippen LogP contribution in [0, 0.1) is 6.92 Å². The van der Waals surface area contributed by atoms with Crippen molar-refractivity contribution >= 4 is 15.9 Å². The second-order valence-corrected chi connectivity index (χ2v) is 5.22. The summed E-state index contributed by atoms with van der Waals surface area (Å²) in [4.78, 5) is 0. The van der Waals surface area contributed by atoms with Gasteiger partial charge in [0.15, 0.2) is 11.5 Å². The Kier molecular flexibility index (Phi) is 3.94. The van der Waals surface area contributed by atoms with Gasteiger partial charge in [0.05, 0.1) is 17.7 Å². The quantitative estimate of drug-likeness (QED) is 0.912. The first kappa shape index (κ1) is 12.7. The molecule has 0 aromatic heterocycles. The van der Waals surface area contributed by atoms with Crippen molar-refractivity contribution < 1.29 is 14.6 Å². The number of hydrogen-bond acceptors (Lipinski definition) is 3. The topological polar surface area (TPSA) is 38.7 Å². The number of aliphatic hydroxyl groups is 1. The molecular formula is C13H17BrO3. The molecule has 2 rings (SSSR count). The molecule has 0 aliphatic carbocycles. The summed E-state index contributed by atoms with van der Waals surface area (Å²) in [5.74, 6) is 1.70. The first-order valence-corrected chi connectivity index (χ1v) is 6.64. The second kappa shape index (κ2) is 5.27. The lowest BCUT2D eigenvalue weighted by Gasteiger charge is -2.18. The molecule has 0 saturated carbocycles. The van der Waals surface area contributed by atoms with E-state index in [1.807, 2.05) is 19.9 Å². The number of fused-ring (bicyclic) bond motifs is 1. The van der Waals surface area contributed by atoms with Gasteiger partial charge in [-0.05, 0) is 40.0 Å². The number of ether oxygens (including phenoxy) is 2. The molecule has 1 N–H and O–H groups in total. The van der Waals surface area contributed by atoms with Crippen LogP contribution in [0.15, 0.2) is 10.5 Å². The molecule has 4 heteroatoms. The summed E-state index contributed by atoms with van der Waals surface area (Å²) in [6.07, 6.45) is 0.894. The summed E-state index contributed by atoms with van der Waals surface area (Å²) < 4.78 is 12.4. The maximum atomic E-state index is 9.28. The van der Waals surface area contributed by atoms with Gasteiger partial charge in [-0.2, -0.15) is 0 Å². The Balaban J connectivity index is 2.52. The Labute approximate surface area is 110 Å². The maximum absolute atomic E-state index is 9.28. The van der Waals surface area contributed by atoms with Crippen LogP contribution >= 0.6 is 15.9 Å². The number of rotatable bonds is 2. The van der Waals surface area contributed by atoms with Crippen LogP contribution in [0.4, 0.5) is 0 Å². The second-order valence-electron chi connectivity index (χ2n) is 4.36. The van der Waals surface area contributed by atoms with E-state index in [4.69, 9.17) is 9.47 Å². The minimum atomic E-state index is 0.100. The highest BCUT2D eigenvalue weighted by Gasteiger charge is 2.21. The lowest BCUT2D eigenvalue weighted by molar-refractivity contribution is 0.271. The fourth-order valence-corrected chi connectivity index (χ4v) is 2.59. The summed E-state index contributed by atoms with van der Waals surface area (Å²) in [6.45, 7) is 5.50. The van der Waals surface area contributed by atoms with Crippen LogP contribution in [0.5, 0.6) is 11.5 Å². The van der Waals surface area contributed by atoms with Crippen molar-refractivity contribution in [2.24, 2.45) is 0 Å². The van der Waals surface area contributed by atoms with E-state index in [2.05, 4.69) is 15.9 Å². The van der Waals surface area contributed by atoms with Crippen LogP contribution in [0.2, 0.25) is 0 Å². The first-order chi connectivity index (χ1) is 8.15. The molecule has 1 atom stereocenters. The van der Waals surface area contributed by atoms with E-state index >= 15 is 0 Å². The Morgan fingerprint density at radius 1 is 1.35 bits per heavy atom. The van der Waals surface area contributed by atoms with Gasteiger partial charge in [0.2, 0.25) is 0 Å². The molecule has 0 radical (unpaired) electrons. The van der Waals surface area contributed by atoms with Crippen molar-refractivity contribution in [1.82, 2.24) is 0 Å². The average Bonchev–Trinajstić information content (AvgIpc) is 2.58. The predicted octanol–water partition coefficient (Wildman–Crippen LogP) is 3.01. The molecule has 1 aromatic carbocycles. The molecule has 0 saturated heterocycles. The molecule has 1 aliphatic heterocycles. The number of hydrogen-bond donors (Lipinski definition) is 1. The number of aliphatic hydroxyl groups excluding tert-OH is 1. The fraction of sp³-hybridized carbons (Fsp3) is 0.538. The predicted molar refractivity (Wildman–Crippen MR) is 70.0 cm³/mol. The van der Waals surface area contributed by atoms with Gasteiger partial charge in [-0.15, -0.1) is 0 Å². The van der Waals surface area contributed by atoms with Gasteiger partial charge in [0.25, 0.3) is 0 Å². The van der Waals surface area contributed by atoms with Crippen molar-refractivity contribution in [3.8, 4) is 11.5 Å². The van der Waals surface area contributed by atoms with Gasteiger partial charge in [-0.25, -0.2) is 0 Å². The van der Waals surface area contributed by atoms with Crippen molar-refractivity contribution in [3.63, 3.8) is 0 Å². The van der Waals surface area contributed by atoms with Gasteiger partial charge >= 0.3 is 0 Å². The minimum Gasteiger partial charge on any atom is -0.489 e. The molecule has 3 nitrogen and oxygen atoms in total. The highest BCUT2D eigenvalue weighted by molar-refractivity contribution is 9.10. The molecule has 1 aromatic rings. The highest BCUT2D eigenvalue weighted by atomic mass is 79.9. The van der Waals surface area contributed by atoms with Gasteiger partial charge in [-0.3, -0.25) is 0 Å². The summed E-state index contributed by atoms with van der Waals surface area (Å²) in [7, 11) is 0. The summed E-state index contributed by atoms with van der Waals surface area (Å²) in [5.41, 5.74) is 2.16. The van der Waals surface area contributed by atoms with E-state index in [1.165, 1.54) is 0 Å². The van der Waals surface area contributed by atoms with Crippen LogP contribution in [-0.4, -0.2) is 24.9 Å². The van der Waals surface area contributed by atoms with Crippen LogP contribution in [0.3, 0.4) is 0 Å². The van der Waals surface area contributed by atoms with E-state index < -0.39 is 0 Å². The largest absolute Gasteiger partial charge is 0.489 e. The SMILES string of the molecule is Cc1c(C(C)CO)cc(Br)c2c1OCCCO2. The van der Waals surface area contributed by atoms with Crippen LogP contribution in [0.1, 0.15) is 30.4 Å². The minimum absolute atomic E-state index is 0.100. The Bertz CT molecular complexity index is 418. The first-order valence-electron chi connectivity index (χ1n) is 5.84. The molecule has 94 valence electrons. The van der Waals surface area contributed by atoms with Gasteiger partial charge in [-0.1, -0.05) is 6.92 Å². The van der Waals surface area contributed by atoms with Gasteiger partial charge in [0.1, 0.15) is 0 Å². The Hall–Kier alpha value is -0.740. The standard InChI is InChI=1S/C13H17BrO3/c1-8(7-15)10-6-11(14)13-12(9(10)2)16-4-3-5-17-13/h6,8,15H,3-5,7H2,1-2H3. The molecule has 0 bridgehead atoms. The molecule has 0 fully saturated rings. The zero-order valence-electron chi connectivity index (χ0n) is 10.1. The molecule has 1 heterocycles. The molecular weight excluding hydrogens is 284 g/mol. The van der Waals surface area contributed by atoms with Crippen LogP contribution in [0.25, 0.3) is 0 Å². The van der Waals surface area contributed by atoms with E-state index in [-0.39, 0.29) is 12.5 Å². The van der Waals surface area contributed by atoms with E-state index in [1.54, 1.807) is 0 Å². The number of benzene rings is 1. The van der Waals surface area contributed by atoms with Crippen molar-refractivity contribution in [2.45, 2.75) is 26.2 Å². The summed E-state index contributed by atoms with van der Waals surface area (Å²) in [6, 6.07) is 2.02. The Morgan fingerprint density at radius 3 is 2.65 bits per heavy atom. The Morgan fingerprint density at radius 2 is 2.00 bits per heavy atom. The molecule has 1 aliphatic rings. The highest BCUT2D eigenvalue weighted by Crippen LogP contribution is 2.43. The van der Waals surface area contributed by atoms with Crippen molar-refractivity contribution in [2.75, 3.05) is 19.8 Å². The van der Waals surface area contributed by atoms with Crippen LogP contribution in [-0.2, 0) is 0 Å². The zero-order valence-corrected chi connectivity index (χ0v) is 11.7. The lowest BCUT2D eigenvalue weighted by Crippen LogP contribution is -2.04. The third-order valence-corrected chi connectivity index (χ3v) is 3.65. The van der Waals surface area contributed by atoms with Crippen molar-refractivity contribution in [3.05, 3.63) is 21.7 Å². The molecule has 17 heavy (non-hydrogen) atoms.